The highest BCUT2D eigenvalue weighted by molar-refractivity contribution is 7.99. The maximum Gasteiger partial charge on any atom is 0.241 e. The van der Waals surface area contributed by atoms with E-state index in [1.807, 2.05) is 4.90 Å². The molecule has 1 aromatic carbocycles. The summed E-state index contributed by atoms with van der Waals surface area (Å²) in [6.07, 6.45) is 3.56. The van der Waals surface area contributed by atoms with Gasteiger partial charge < -0.3 is 10.2 Å². The van der Waals surface area contributed by atoms with Gasteiger partial charge in [0.2, 0.25) is 5.91 Å². The molecule has 1 N–H and O–H groups in total. The molecule has 1 unspecified atom stereocenters. The molecule has 0 saturated carbocycles. The number of carbonyl (C=O) groups excluding carboxylic acids is 2. The normalized spacial score (nSPS) is 28.2. The number of rotatable bonds is 4. The Bertz CT molecular complexity index is 730. The monoisotopic (exact) mass is 388 g/mol. The van der Waals surface area contributed by atoms with Crippen LogP contribution in [0.2, 0.25) is 0 Å². The van der Waals surface area contributed by atoms with Crippen LogP contribution >= 0.6 is 24.0 Å². The molecule has 2 aliphatic heterocycles. The summed E-state index contributed by atoms with van der Waals surface area (Å²) in [6, 6.07) is 8.06. The van der Waals surface area contributed by atoms with E-state index in [1.165, 1.54) is 11.1 Å². The first-order valence-electron chi connectivity index (χ1n) is 9.35. The maximum absolute atomic E-state index is 13.1. The van der Waals surface area contributed by atoms with Crippen molar-refractivity contribution >= 4 is 40.5 Å². The number of nitrogens with zero attached hydrogens (tertiary/aromatic N) is 1. The van der Waals surface area contributed by atoms with Crippen LogP contribution in [0, 0.1) is 11.8 Å². The average Bonchev–Trinajstić information content (AvgIpc) is 3.31. The Hall–Kier alpha value is -1.24. The van der Waals surface area contributed by atoms with Crippen LogP contribution in [0.25, 0.3) is 0 Å². The fourth-order valence-corrected chi connectivity index (χ4v) is 5.67. The molecule has 0 radical (unpaired) electrons. The van der Waals surface area contributed by atoms with Crippen LogP contribution in [-0.2, 0) is 22.4 Å². The summed E-state index contributed by atoms with van der Waals surface area (Å²) in [6.45, 7) is 1.27. The summed E-state index contributed by atoms with van der Waals surface area (Å²) in [5, 5.41) is 3.20. The number of thiocarbonyl (C=S) groups is 1. The van der Waals surface area contributed by atoms with E-state index in [9.17, 15) is 9.59 Å². The summed E-state index contributed by atoms with van der Waals surface area (Å²) in [5.74, 6) is 1.82. The van der Waals surface area contributed by atoms with Crippen molar-refractivity contribution in [2.24, 2.45) is 11.8 Å². The summed E-state index contributed by atoms with van der Waals surface area (Å²) >= 11 is 7.22. The largest absolute Gasteiger partial charge is 0.331 e. The number of amides is 1. The molecule has 1 aliphatic carbocycles. The molecule has 138 valence electrons. The number of Topliss-reactive ketones (excluding diaryl/α,β-unsaturated/α-hetero) is 1. The molecule has 0 spiro atoms. The minimum atomic E-state index is -0.454. The van der Waals surface area contributed by atoms with Gasteiger partial charge in [-0.25, -0.2) is 0 Å². The van der Waals surface area contributed by atoms with E-state index in [-0.39, 0.29) is 11.7 Å². The molecule has 3 aliphatic rings. The first-order valence-corrected chi connectivity index (χ1v) is 10.9. The lowest BCUT2D eigenvalue weighted by atomic mass is 9.79. The Morgan fingerprint density at radius 3 is 2.85 bits per heavy atom. The zero-order valence-corrected chi connectivity index (χ0v) is 16.4. The van der Waals surface area contributed by atoms with Gasteiger partial charge in [-0.05, 0) is 36.3 Å². The number of benzene rings is 1. The maximum atomic E-state index is 13.1. The van der Waals surface area contributed by atoms with Crippen LogP contribution in [0.5, 0.6) is 0 Å². The van der Waals surface area contributed by atoms with Gasteiger partial charge in [-0.1, -0.05) is 36.5 Å². The van der Waals surface area contributed by atoms with Crippen LogP contribution in [-0.4, -0.2) is 52.2 Å². The molecular formula is C20H24N2O2S2. The molecule has 2 saturated heterocycles. The van der Waals surface area contributed by atoms with Gasteiger partial charge in [0.25, 0.3) is 0 Å². The number of thioether (sulfide) groups is 1. The Morgan fingerprint density at radius 1 is 1.27 bits per heavy atom. The van der Waals surface area contributed by atoms with Crippen molar-refractivity contribution in [1.82, 2.24) is 10.2 Å². The van der Waals surface area contributed by atoms with E-state index in [0.29, 0.717) is 23.7 Å². The molecule has 4 nitrogen and oxygen atoms in total. The third-order valence-corrected chi connectivity index (χ3v) is 7.16. The number of ketones is 1. The molecule has 0 aromatic heterocycles. The highest BCUT2D eigenvalue weighted by Crippen LogP contribution is 2.30. The molecule has 2 heterocycles. The van der Waals surface area contributed by atoms with E-state index in [1.54, 1.807) is 11.8 Å². The summed E-state index contributed by atoms with van der Waals surface area (Å²) < 4.78 is 0. The molecule has 2 fully saturated rings. The molecule has 4 rings (SSSR count). The highest BCUT2D eigenvalue weighted by atomic mass is 32.2. The van der Waals surface area contributed by atoms with Crippen molar-refractivity contribution in [2.75, 3.05) is 24.7 Å². The lowest BCUT2D eigenvalue weighted by Crippen LogP contribution is -2.47. The zero-order chi connectivity index (χ0) is 18.1. The SMILES string of the molecule is O=C(C[C@@H]1CCc2ccccc2C1)C1C(=S)CN[C@@H]1C(=O)N1CCSC1. The van der Waals surface area contributed by atoms with Crippen molar-refractivity contribution in [3.63, 3.8) is 0 Å². The summed E-state index contributed by atoms with van der Waals surface area (Å²) in [5.41, 5.74) is 2.78. The van der Waals surface area contributed by atoms with Gasteiger partial charge in [0.1, 0.15) is 11.8 Å². The number of fused-ring (bicyclic) bond motifs is 1. The minimum Gasteiger partial charge on any atom is -0.331 e. The van der Waals surface area contributed by atoms with Crippen LogP contribution < -0.4 is 5.32 Å². The Morgan fingerprint density at radius 2 is 2.08 bits per heavy atom. The van der Waals surface area contributed by atoms with Crippen LogP contribution in [0.4, 0.5) is 0 Å². The molecule has 6 heteroatoms. The van der Waals surface area contributed by atoms with Crippen molar-refractivity contribution in [3.8, 4) is 0 Å². The van der Waals surface area contributed by atoms with Gasteiger partial charge in [0, 0.05) is 30.1 Å². The van der Waals surface area contributed by atoms with Crippen molar-refractivity contribution in [3.05, 3.63) is 35.4 Å². The number of aryl methyl sites for hydroxylation is 1. The molecule has 3 atom stereocenters. The third kappa shape index (κ3) is 3.59. The van der Waals surface area contributed by atoms with Crippen molar-refractivity contribution in [1.29, 1.82) is 0 Å². The molecular weight excluding hydrogens is 364 g/mol. The smallest absolute Gasteiger partial charge is 0.241 e. The van der Waals surface area contributed by atoms with Gasteiger partial charge in [0.05, 0.1) is 11.8 Å². The second-order valence-electron chi connectivity index (χ2n) is 7.49. The lowest BCUT2D eigenvalue weighted by Gasteiger charge is -2.27. The Balaban J connectivity index is 1.43. The van der Waals surface area contributed by atoms with E-state index >= 15 is 0 Å². The number of carbonyl (C=O) groups is 2. The standard InChI is InChI=1S/C20H24N2O2S2/c23-16(10-13-5-6-14-3-1-2-4-15(14)9-13)18-17(25)11-21-19(18)20(24)22-7-8-26-12-22/h1-4,13,18-19,21H,5-12H2/t13-,18?,19+/m1/s1. The predicted molar refractivity (Wildman–Crippen MR) is 108 cm³/mol. The van der Waals surface area contributed by atoms with Gasteiger partial charge in [-0.3, -0.25) is 9.59 Å². The third-order valence-electron chi connectivity index (χ3n) is 5.79. The predicted octanol–water partition coefficient (Wildman–Crippen LogP) is 2.24. The van der Waals surface area contributed by atoms with Crippen molar-refractivity contribution < 1.29 is 9.59 Å². The quantitative estimate of drug-likeness (QED) is 0.802. The number of nitrogens with one attached hydrogen (secondary N) is 1. The summed E-state index contributed by atoms with van der Waals surface area (Å²) in [7, 11) is 0. The van der Waals surface area contributed by atoms with Crippen LogP contribution in [0.3, 0.4) is 0 Å². The average molecular weight is 389 g/mol. The first kappa shape index (κ1) is 18.1. The molecule has 1 amide bonds. The fourth-order valence-electron chi connectivity index (χ4n) is 4.36. The second kappa shape index (κ2) is 7.79. The zero-order valence-electron chi connectivity index (χ0n) is 14.8. The molecule has 0 bridgehead atoms. The number of hydrogen-bond acceptors (Lipinski definition) is 5. The topological polar surface area (TPSA) is 49.4 Å². The van der Waals surface area contributed by atoms with E-state index in [4.69, 9.17) is 12.2 Å². The molecule has 1 aromatic rings. The molecule has 26 heavy (non-hydrogen) atoms. The summed E-state index contributed by atoms with van der Waals surface area (Å²) in [4.78, 5) is 28.4. The van der Waals surface area contributed by atoms with E-state index < -0.39 is 12.0 Å². The lowest BCUT2D eigenvalue weighted by molar-refractivity contribution is -0.135. The second-order valence-corrected chi connectivity index (χ2v) is 9.09. The Kier molecular flexibility index (Phi) is 5.43. The van der Waals surface area contributed by atoms with Crippen LogP contribution in [0.1, 0.15) is 24.0 Å². The minimum absolute atomic E-state index is 0.0437. The first-order chi connectivity index (χ1) is 12.6. The van der Waals surface area contributed by atoms with Crippen LogP contribution in [0.15, 0.2) is 24.3 Å². The number of hydrogen-bond donors (Lipinski definition) is 1. The van der Waals surface area contributed by atoms with Crippen molar-refractivity contribution in [2.45, 2.75) is 31.7 Å². The van der Waals surface area contributed by atoms with E-state index in [2.05, 4.69) is 29.6 Å². The van der Waals surface area contributed by atoms with E-state index in [0.717, 1.165) is 37.4 Å². The highest BCUT2D eigenvalue weighted by Gasteiger charge is 2.43. The fraction of sp³-hybridized carbons (Fsp3) is 0.550. The van der Waals surface area contributed by atoms with Gasteiger partial charge in [0.15, 0.2) is 0 Å². The Labute approximate surface area is 164 Å². The van der Waals surface area contributed by atoms with Gasteiger partial charge in [-0.15, -0.1) is 11.8 Å². The van der Waals surface area contributed by atoms with Gasteiger partial charge in [-0.2, -0.15) is 0 Å². The van der Waals surface area contributed by atoms with Gasteiger partial charge >= 0.3 is 0 Å².